The number of amides is 1. The third-order valence-corrected chi connectivity index (χ3v) is 4.95. The highest BCUT2D eigenvalue weighted by Gasteiger charge is 2.26. The Morgan fingerprint density at radius 3 is 2.77 bits per heavy atom. The van der Waals surface area contributed by atoms with E-state index in [1.807, 2.05) is 24.1 Å². The molecule has 0 aromatic carbocycles. The number of rotatable bonds is 3. The number of carbonyl (C=O) groups is 1. The molecule has 1 aromatic heterocycles. The summed E-state index contributed by atoms with van der Waals surface area (Å²) in [5.41, 5.74) is 0. The van der Waals surface area contributed by atoms with Crippen LogP contribution in [0.5, 0.6) is 0 Å². The Hall–Kier alpha value is -1.33. The number of pyridine rings is 1. The van der Waals surface area contributed by atoms with Gasteiger partial charge in [0.2, 0.25) is 5.91 Å². The molecule has 3 heterocycles. The molecule has 3 rings (SSSR count). The van der Waals surface area contributed by atoms with Gasteiger partial charge < -0.3 is 9.80 Å². The summed E-state index contributed by atoms with van der Waals surface area (Å²) in [4.78, 5) is 22.6. The van der Waals surface area contributed by atoms with Crippen LogP contribution in [0.3, 0.4) is 0 Å². The van der Waals surface area contributed by atoms with Crippen LogP contribution in [-0.2, 0) is 4.79 Å². The molecule has 0 saturated carbocycles. The molecule has 1 aromatic rings. The Balaban J connectivity index is 1.50. The Labute approximate surface area is 136 Å². The number of hydrogen-bond acceptors (Lipinski definition) is 4. The van der Waals surface area contributed by atoms with Crippen LogP contribution in [0.25, 0.3) is 0 Å². The second kappa shape index (κ2) is 6.84. The maximum absolute atomic E-state index is 11.5. The van der Waals surface area contributed by atoms with Gasteiger partial charge in [-0.05, 0) is 24.5 Å². The lowest BCUT2D eigenvalue weighted by atomic mass is 9.97. The summed E-state index contributed by atoms with van der Waals surface area (Å²) in [7, 11) is 1.91. The van der Waals surface area contributed by atoms with Crippen LogP contribution in [0.15, 0.2) is 18.3 Å². The summed E-state index contributed by atoms with van der Waals surface area (Å²) in [6.45, 7) is 5.95. The molecule has 2 saturated heterocycles. The zero-order valence-electron chi connectivity index (χ0n) is 13.0. The van der Waals surface area contributed by atoms with E-state index in [0.29, 0.717) is 12.3 Å². The number of anilines is 1. The molecule has 0 radical (unpaired) electrons. The number of carbonyl (C=O) groups excluding carboxylic acids is 1. The quantitative estimate of drug-likeness (QED) is 0.849. The summed E-state index contributed by atoms with van der Waals surface area (Å²) in [6, 6.07) is 3.76. The van der Waals surface area contributed by atoms with Gasteiger partial charge in [0.25, 0.3) is 0 Å². The highest BCUT2D eigenvalue weighted by atomic mass is 35.5. The molecule has 1 amide bonds. The van der Waals surface area contributed by atoms with Crippen LogP contribution in [0.4, 0.5) is 5.82 Å². The molecule has 6 heteroatoms. The van der Waals surface area contributed by atoms with Gasteiger partial charge in [0.15, 0.2) is 0 Å². The third-order valence-electron chi connectivity index (χ3n) is 4.65. The van der Waals surface area contributed by atoms with Crippen molar-refractivity contribution in [3.8, 4) is 0 Å². The first kappa shape index (κ1) is 15.6. The standard InChI is InChI=1S/C16H23ClN4O/c1-19-11-13(4-5-15(19)22)12-20-7-9-21(10-8-20)16-14(17)3-2-6-18-16/h2-3,6,13H,4-5,7-12H2,1H3. The molecule has 2 aliphatic rings. The SMILES string of the molecule is CN1CC(CN2CCN(c3ncccc3Cl)CC2)CCC1=O. The van der Waals surface area contributed by atoms with Gasteiger partial charge >= 0.3 is 0 Å². The summed E-state index contributed by atoms with van der Waals surface area (Å²) < 4.78 is 0. The molecule has 2 fully saturated rings. The van der Waals surface area contributed by atoms with E-state index in [2.05, 4.69) is 14.8 Å². The van der Waals surface area contributed by atoms with Crippen LogP contribution >= 0.6 is 11.6 Å². The number of hydrogen-bond donors (Lipinski definition) is 0. The van der Waals surface area contributed by atoms with E-state index in [0.717, 1.165) is 56.5 Å². The van der Waals surface area contributed by atoms with Crippen molar-refractivity contribution in [1.82, 2.24) is 14.8 Å². The van der Waals surface area contributed by atoms with Crippen molar-refractivity contribution in [2.45, 2.75) is 12.8 Å². The number of nitrogens with zero attached hydrogens (tertiary/aromatic N) is 4. The predicted octanol–water partition coefficient (Wildman–Crippen LogP) is 1.73. The lowest BCUT2D eigenvalue weighted by Gasteiger charge is -2.39. The summed E-state index contributed by atoms with van der Waals surface area (Å²) in [5.74, 6) is 1.78. The van der Waals surface area contributed by atoms with E-state index in [-0.39, 0.29) is 5.91 Å². The molecule has 5 nitrogen and oxygen atoms in total. The number of halogens is 1. The molecule has 0 N–H and O–H groups in total. The Kier molecular flexibility index (Phi) is 4.84. The first-order valence-corrected chi connectivity index (χ1v) is 8.33. The minimum absolute atomic E-state index is 0.283. The minimum atomic E-state index is 0.283. The third kappa shape index (κ3) is 3.52. The van der Waals surface area contributed by atoms with Gasteiger partial charge in [-0.15, -0.1) is 0 Å². The molecule has 0 aliphatic carbocycles. The molecular formula is C16H23ClN4O. The predicted molar refractivity (Wildman–Crippen MR) is 88.3 cm³/mol. The number of piperidine rings is 1. The Morgan fingerprint density at radius 2 is 2.09 bits per heavy atom. The van der Waals surface area contributed by atoms with E-state index in [9.17, 15) is 4.79 Å². The smallest absolute Gasteiger partial charge is 0.222 e. The van der Waals surface area contributed by atoms with Crippen LogP contribution in [0, 0.1) is 5.92 Å². The van der Waals surface area contributed by atoms with Crippen LogP contribution < -0.4 is 4.90 Å². The van der Waals surface area contributed by atoms with E-state index >= 15 is 0 Å². The van der Waals surface area contributed by atoms with Crippen LogP contribution in [0.2, 0.25) is 5.02 Å². The topological polar surface area (TPSA) is 39.7 Å². The number of piperazine rings is 1. The number of likely N-dealkylation sites (tertiary alicyclic amines) is 1. The highest BCUT2D eigenvalue weighted by Crippen LogP contribution is 2.24. The van der Waals surface area contributed by atoms with Crippen molar-refractivity contribution in [2.24, 2.45) is 5.92 Å². The second-order valence-corrected chi connectivity index (χ2v) is 6.68. The van der Waals surface area contributed by atoms with E-state index < -0.39 is 0 Å². The zero-order chi connectivity index (χ0) is 15.5. The van der Waals surface area contributed by atoms with Crippen molar-refractivity contribution in [2.75, 3.05) is 51.2 Å². The average molecular weight is 323 g/mol. The molecule has 1 atom stereocenters. The largest absolute Gasteiger partial charge is 0.353 e. The van der Waals surface area contributed by atoms with Crippen molar-refractivity contribution in [3.63, 3.8) is 0 Å². The average Bonchev–Trinajstić information content (AvgIpc) is 2.52. The fourth-order valence-corrected chi connectivity index (χ4v) is 3.61. The monoisotopic (exact) mass is 322 g/mol. The Morgan fingerprint density at radius 1 is 1.32 bits per heavy atom. The highest BCUT2D eigenvalue weighted by molar-refractivity contribution is 6.32. The van der Waals surface area contributed by atoms with Gasteiger partial charge in [0, 0.05) is 58.9 Å². The maximum atomic E-state index is 11.5. The van der Waals surface area contributed by atoms with Crippen molar-refractivity contribution in [1.29, 1.82) is 0 Å². The van der Waals surface area contributed by atoms with Crippen molar-refractivity contribution < 1.29 is 4.79 Å². The van der Waals surface area contributed by atoms with Gasteiger partial charge in [0.1, 0.15) is 5.82 Å². The van der Waals surface area contributed by atoms with Gasteiger partial charge in [-0.25, -0.2) is 4.98 Å². The number of aromatic nitrogens is 1. The van der Waals surface area contributed by atoms with E-state index in [1.165, 1.54) is 0 Å². The fraction of sp³-hybridized carbons (Fsp3) is 0.625. The summed E-state index contributed by atoms with van der Waals surface area (Å²) >= 11 is 6.22. The summed E-state index contributed by atoms with van der Waals surface area (Å²) in [5, 5.41) is 0.725. The van der Waals surface area contributed by atoms with Gasteiger partial charge in [-0.2, -0.15) is 0 Å². The van der Waals surface area contributed by atoms with Gasteiger partial charge in [-0.1, -0.05) is 11.6 Å². The Bertz CT molecular complexity index is 531. The molecule has 0 bridgehead atoms. The molecule has 2 aliphatic heterocycles. The maximum Gasteiger partial charge on any atom is 0.222 e. The molecule has 120 valence electrons. The fourth-order valence-electron chi connectivity index (χ4n) is 3.37. The minimum Gasteiger partial charge on any atom is -0.353 e. The molecule has 22 heavy (non-hydrogen) atoms. The van der Waals surface area contributed by atoms with Crippen LogP contribution in [0.1, 0.15) is 12.8 Å². The molecule has 0 spiro atoms. The summed E-state index contributed by atoms with van der Waals surface area (Å²) in [6.07, 6.45) is 3.52. The van der Waals surface area contributed by atoms with E-state index in [4.69, 9.17) is 11.6 Å². The lowest BCUT2D eigenvalue weighted by molar-refractivity contribution is -0.133. The van der Waals surface area contributed by atoms with Gasteiger partial charge in [0.05, 0.1) is 5.02 Å². The zero-order valence-corrected chi connectivity index (χ0v) is 13.8. The van der Waals surface area contributed by atoms with Crippen molar-refractivity contribution >= 4 is 23.3 Å². The van der Waals surface area contributed by atoms with Gasteiger partial charge in [-0.3, -0.25) is 9.69 Å². The first-order chi connectivity index (χ1) is 10.6. The normalized spacial score (nSPS) is 23.9. The lowest BCUT2D eigenvalue weighted by Crippen LogP contribution is -2.50. The molecule has 1 unspecified atom stereocenters. The van der Waals surface area contributed by atoms with Crippen LogP contribution in [-0.4, -0.2) is 67.0 Å². The second-order valence-electron chi connectivity index (χ2n) is 6.28. The van der Waals surface area contributed by atoms with Crippen molar-refractivity contribution in [3.05, 3.63) is 23.4 Å². The first-order valence-electron chi connectivity index (χ1n) is 7.95. The van der Waals surface area contributed by atoms with E-state index in [1.54, 1.807) is 6.20 Å². The molecular weight excluding hydrogens is 300 g/mol.